The van der Waals surface area contributed by atoms with E-state index < -0.39 is 18.0 Å². The molecule has 7 nitrogen and oxygen atoms in total. The third-order valence-electron chi connectivity index (χ3n) is 4.69. The summed E-state index contributed by atoms with van der Waals surface area (Å²) < 4.78 is 16.3. The van der Waals surface area contributed by atoms with Crippen LogP contribution in [0.2, 0.25) is 0 Å². The van der Waals surface area contributed by atoms with Gasteiger partial charge in [0.05, 0.1) is 5.56 Å². The SMILES string of the molecule is CCN(CC)c1ccc(C(=O)OC(C)C(=O)Nc2ccc3c(c2)OCCO3)cc1. The molecule has 29 heavy (non-hydrogen) atoms. The van der Waals surface area contributed by atoms with Crippen molar-refractivity contribution < 1.29 is 23.8 Å². The Morgan fingerprint density at radius 1 is 1.03 bits per heavy atom. The van der Waals surface area contributed by atoms with Crippen LogP contribution in [-0.4, -0.2) is 44.3 Å². The first-order valence-corrected chi connectivity index (χ1v) is 9.78. The van der Waals surface area contributed by atoms with Crippen molar-refractivity contribution in [3.63, 3.8) is 0 Å². The van der Waals surface area contributed by atoms with Gasteiger partial charge in [0, 0.05) is 30.5 Å². The van der Waals surface area contributed by atoms with Crippen molar-refractivity contribution in [1.29, 1.82) is 0 Å². The van der Waals surface area contributed by atoms with E-state index >= 15 is 0 Å². The number of anilines is 2. The van der Waals surface area contributed by atoms with E-state index in [2.05, 4.69) is 24.1 Å². The molecule has 154 valence electrons. The van der Waals surface area contributed by atoms with Crippen LogP contribution in [0.5, 0.6) is 11.5 Å². The van der Waals surface area contributed by atoms with Crippen molar-refractivity contribution in [2.24, 2.45) is 0 Å². The van der Waals surface area contributed by atoms with Crippen molar-refractivity contribution in [1.82, 2.24) is 0 Å². The topological polar surface area (TPSA) is 77.1 Å². The molecule has 0 saturated heterocycles. The van der Waals surface area contributed by atoms with Gasteiger partial charge in [0.15, 0.2) is 17.6 Å². The fraction of sp³-hybridized carbons (Fsp3) is 0.364. The Kier molecular flexibility index (Phi) is 6.59. The maximum atomic E-state index is 12.4. The van der Waals surface area contributed by atoms with Gasteiger partial charge in [-0.25, -0.2) is 4.79 Å². The smallest absolute Gasteiger partial charge is 0.338 e. The van der Waals surface area contributed by atoms with Crippen LogP contribution in [0.25, 0.3) is 0 Å². The molecular weight excluding hydrogens is 372 g/mol. The highest BCUT2D eigenvalue weighted by Crippen LogP contribution is 2.32. The lowest BCUT2D eigenvalue weighted by atomic mass is 10.2. The standard InChI is InChI=1S/C22H26N2O5/c1-4-24(5-2)18-9-6-16(7-10-18)22(26)29-15(3)21(25)23-17-8-11-19-20(14-17)28-13-12-27-19/h6-11,14-15H,4-5,12-13H2,1-3H3,(H,23,25). The van der Waals surface area contributed by atoms with E-state index in [0.29, 0.717) is 36.0 Å². The van der Waals surface area contributed by atoms with Gasteiger partial charge in [0.1, 0.15) is 13.2 Å². The number of carbonyl (C=O) groups excluding carboxylic acids is 2. The van der Waals surface area contributed by atoms with Crippen molar-refractivity contribution in [2.75, 3.05) is 36.5 Å². The van der Waals surface area contributed by atoms with E-state index in [1.54, 1.807) is 30.3 Å². The second-order valence-electron chi connectivity index (χ2n) is 6.61. The number of carbonyl (C=O) groups is 2. The van der Waals surface area contributed by atoms with E-state index in [-0.39, 0.29) is 0 Å². The zero-order valence-corrected chi connectivity index (χ0v) is 16.9. The fourth-order valence-electron chi connectivity index (χ4n) is 3.04. The average molecular weight is 398 g/mol. The van der Waals surface area contributed by atoms with Gasteiger partial charge in [-0.3, -0.25) is 4.79 Å². The number of rotatable bonds is 7. The lowest BCUT2D eigenvalue weighted by Gasteiger charge is -2.21. The van der Waals surface area contributed by atoms with Gasteiger partial charge < -0.3 is 24.4 Å². The van der Waals surface area contributed by atoms with Crippen LogP contribution < -0.4 is 19.7 Å². The first-order valence-electron chi connectivity index (χ1n) is 9.78. The summed E-state index contributed by atoms with van der Waals surface area (Å²) in [6, 6.07) is 12.3. The third-order valence-corrected chi connectivity index (χ3v) is 4.69. The molecular formula is C22H26N2O5. The van der Waals surface area contributed by atoms with Crippen LogP contribution in [0, 0.1) is 0 Å². The largest absolute Gasteiger partial charge is 0.486 e. The molecule has 0 saturated carbocycles. The number of nitrogens with zero attached hydrogens (tertiary/aromatic N) is 1. The summed E-state index contributed by atoms with van der Waals surface area (Å²) in [5, 5.41) is 2.73. The first-order chi connectivity index (χ1) is 14.0. The fourth-order valence-corrected chi connectivity index (χ4v) is 3.04. The molecule has 1 heterocycles. The summed E-state index contributed by atoms with van der Waals surface area (Å²) in [7, 11) is 0. The molecule has 0 aromatic heterocycles. The first kappa shape index (κ1) is 20.5. The highest BCUT2D eigenvalue weighted by molar-refractivity contribution is 5.97. The summed E-state index contributed by atoms with van der Waals surface area (Å²) in [4.78, 5) is 27.0. The molecule has 2 aromatic carbocycles. The predicted octanol–water partition coefficient (Wildman–Crippen LogP) is 3.49. The molecule has 0 fully saturated rings. The molecule has 0 bridgehead atoms. The van der Waals surface area contributed by atoms with E-state index in [1.165, 1.54) is 6.92 Å². The number of amides is 1. The minimum absolute atomic E-state index is 0.403. The zero-order chi connectivity index (χ0) is 20.8. The Morgan fingerprint density at radius 2 is 1.69 bits per heavy atom. The number of esters is 1. The zero-order valence-electron chi connectivity index (χ0n) is 16.9. The maximum absolute atomic E-state index is 12.4. The molecule has 3 rings (SSSR count). The van der Waals surface area contributed by atoms with Crippen LogP contribution in [0.3, 0.4) is 0 Å². The number of hydrogen-bond acceptors (Lipinski definition) is 6. The monoisotopic (exact) mass is 398 g/mol. The molecule has 1 N–H and O–H groups in total. The molecule has 1 aliphatic heterocycles. The summed E-state index contributed by atoms with van der Waals surface area (Å²) >= 11 is 0. The summed E-state index contributed by atoms with van der Waals surface area (Å²) in [6.45, 7) is 8.43. The Labute approximate surface area is 170 Å². The number of fused-ring (bicyclic) bond motifs is 1. The Balaban J connectivity index is 1.58. The summed E-state index contributed by atoms with van der Waals surface area (Å²) in [5.41, 5.74) is 1.99. The van der Waals surface area contributed by atoms with Crippen LogP contribution in [-0.2, 0) is 9.53 Å². The van der Waals surface area contributed by atoms with Gasteiger partial charge in [0.2, 0.25) is 0 Å². The van der Waals surface area contributed by atoms with Gasteiger partial charge in [-0.1, -0.05) is 0 Å². The maximum Gasteiger partial charge on any atom is 0.338 e. The molecule has 0 radical (unpaired) electrons. The summed E-state index contributed by atoms with van der Waals surface area (Å²) in [6.07, 6.45) is -0.946. The molecule has 1 atom stereocenters. The van der Waals surface area contributed by atoms with Crippen LogP contribution in [0.15, 0.2) is 42.5 Å². The molecule has 1 aliphatic rings. The highest BCUT2D eigenvalue weighted by atomic mass is 16.6. The highest BCUT2D eigenvalue weighted by Gasteiger charge is 2.20. The van der Waals surface area contributed by atoms with Crippen molar-refractivity contribution in [3.05, 3.63) is 48.0 Å². The van der Waals surface area contributed by atoms with Gasteiger partial charge >= 0.3 is 5.97 Å². The predicted molar refractivity (Wildman–Crippen MR) is 111 cm³/mol. The Morgan fingerprint density at radius 3 is 2.34 bits per heavy atom. The number of benzene rings is 2. The second kappa shape index (κ2) is 9.32. The third kappa shape index (κ3) is 4.99. The minimum Gasteiger partial charge on any atom is -0.486 e. The second-order valence-corrected chi connectivity index (χ2v) is 6.61. The molecule has 1 amide bonds. The lowest BCUT2D eigenvalue weighted by molar-refractivity contribution is -0.123. The molecule has 0 spiro atoms. The van der Waals surface area contributed by atoms with Crippen LogP contribution >= 0.6 is 0 Å². The van der Waals surface area contributed by atoms with Gasteiger partial charge in [-0.05, 0) is 57.2 Å². The minimum atomic E-state index is -0.946. The van der Waals surface area contributed by atoms with Crippen molar-refractivity contribution >= 4 is 23.3 Å². The summed E-state index contributed by atoms with van der Waals surface area (Å²) in [5.74, 6) is 0.254. The molecule has 7 heteroatoms. The van der Waals surface area contributed by atoms with Crippen LogP contribution in [0.4, 0.5) is 11.4 Å². The van der Waals surface area contributed by atoms with E-state index in [4.69, 9.17) is 14.2 Å². The lowest BCUT2D eigenvalue weighted by Crippen LogP contribution is -2.30. The molecule has 1 unspecified atom stereocenters. The van der Waals surface area contributed by atoms with Crippen molar-refractivity contribution in [2.45, 2.75) is 26.9 Å². The Hall–Kier alpha value is -3.22. The molecule has 0 aliphatic carbocycles. The number of ether oxygens (including phenoxy) is 3. The Bertz CT molecular complexity index is 862. The number of nitrogens with one attached hydrogen (secondary N) is 1. The number of hydrogen-bond donors (Lipinski definition) is 1. The normalized spacial score (nSPS) is 13.3. The van der Waals surface area contributed by atoms with Gasteiger partial charge in [0.25, 0.3) is 5.91 Å². The average Bonchev–Trinajstić information content (AvgIpc) is 2.75. The van der Waals surface area contributed by atoms with E-state index in [1.807, 2.05) is 12.1 Å². The van der Waals surface area contributed by atoms with E-state index in [0.717, 1.165) is 18.8 Å². The van der Waals surface area contributed by atoms with Crippen LogP contribution in [0.1, 0.15) is 31.1 Å². The molecule has 2 aromatic rings. The van der Waals surface area contributed by atoms with Gasteiger partial charge in [-0.2, -0.15) is 0 Å². The van der Waals surface area contributed by atoms with Crippen molar-refractivity contribution in [3.8, 4) is 11.5 Å². The quantitative estimate of drug-likeness (QED) is 0.720. The van der Waals surface area contributed by atoms with E-state index in [9.17, 15) is 9.59 Å². The van der Waals surface area contributed by atoms with Gasteiger partial charge in [-0.15, -0.1) is 0 Å².